The topological polar surface area (TPSA) is 93.4 Å². The third-order valence-corrected chi connectivity index (χ3v) is 8.10. The van der Waals surface area contributed by atoms with Gasteiger partial charge in [-0.1, -0.05) is 30.7 Å². The van der Waals surface area contributed by atoms with Gasteiger partial charge in [-0.05, 0) is 77.0 Å². The van der Waals surface area contributed by atoms with Gasteiger partial charge in [-0.15, -0.1) is 5.10 Å². The average molecular weight is 535 g/mol. The number of fused-ring (bicyclic) bond motifs is 1. The lowest BCUT2D eigenvalue weighted by molar-refractivity contribution is -0.927. The highest BCUT2D eigenvalue weighted by Gasteiger charge is 2.37. The van der Waals surface area contributed by atoms with Crippen LogP contribution in [0.5, 0.6) is 0 Å². The Hall–Kier alpha value is -3.27. The van der Waals surface area contributed by atoms with Crippen LogP contribution < -0.4 is 15.4 Å². The molecule has 0 radical (unpaired) electrons. The van der Waals surface area contributed by atoms with Gasteiger partial charge in [-0.25, -0.2) is 4.68 Å². The molecule has 198 valence electrons. The molecular weight excluding hydrogens is 502 g/mol. The Bertz CT molecular complexity index is 1470. The van der Waals surface area contributed by atoms with Crippen molar-refractivity contribution in [3.8, 4) is 0 Å². The molecule has 2 fully saturated rings. The Morgan fingerprint density at radius 1 is 1.18 bits per heavy atom. The van der Waals surface area contributed by atoms with Crippen molar-refractivity contribution in [1.82, 2.24) is 25.2 Å². The van der Waals surface area contributed by atoms with Gasteiger partial charge in [0, 0.05) is 22.8 Å². The molecule has 2 aromatic heterocycles. The van der Waals surface area contributed by atoms with Gasteiger partial charge in [0.15, 0.2) is 6.04 Å². The van der Waals surface area contributed by atoms with Crippen LogP contribution >= 0.6 is 11.6 Å². The second kappa shape index (κ2) is 10.8. The molecule has 0 saturated carbocycles. The van der Waals surface area contributed by atoms with Crippen molar-refractivity contribution in [2.75, 3.05) is 37.7 Å². The van der Waals surface area contributed by atoms with Crippen molar-refractivity contribution in [2.45, 2.75) is 44.9 Å². The van der Waals surface area contributed by atoms with Crippen LogP contribution in [0.4, 0.5) is 5.69 Å². The van der Waals surface area contributed by atoms with E-state index >= 15 is 0 Å². The van der Waals surface area contributed by atoms with Crippen LogP contribution in [0.2, 0.25) is 5.02 Å². The van der Waals surface area contributed by atoms with E-state index in [0.29, 0.717) is 17.9 Å². The lowest BCUT2D eigenvalue weighted by Crippen LogP contribution is -3.15. The van der Waals surface area contributed by atoms with Crippen molar-refractivity contribution in [1.29, 1.82) is 0 Å². The van der Waals surface area contributed by atoms with Crippen LogP contribution in [0.3, 0.4) is 0 Å². The molecule has 2 unspecified atom stereocenters. The highest BCUT2D eigenvalue weighted by atomic mass is 35.5. The Labute approximate surface area is 226 Å². The fraction of sp³-hybridized carbons (Fsp3) is 0.429. The van der Waals surface area contributed by atoms with Gasteiger partial charge >= 0.3 is 0 Å². The molecule has 0 amide bonds. The predicted molar refractivity (Wildman–Crippen MR) is 147 cm³/mol. The van der Waals surface area contributed by atoms with E-state index in [4.69, 9.17) is 16.3 Å². The number of benzene rings is 2. The maximum atomic E-state index is 13.5. The average Bonchev–Trinajstić information content (AvgIpc) is 3.62. The third-order valence-electron chi connectivity index (χ3n) is 7.86. The molecule has 6 rings (SSSR count). The quantitative estimate of drug-likeness (QED) is 0.378. The first-order chi connectivity index (χ1) is 18.6. The van der Waals surface area contributed by atoms with Crippen LogP contribution in [-0.2, 0) is 17.7 Å². The molecule has 10 heteroatoms. The first-order valence-corrected chi connectivity index (χ1v) is 13.9. The summed E-state index contributed by atoms with van der Waals surface area (Å²) in [6.07, 6.45) is 3.07. The number of piperazine rings is 1. The van der Waals surface area contributed by atoms with Gasteiger partial charge in [0.1, 0.15) is 0 Å². The zero-order valence-electron chi connectivity index (χ0n) is 21.6. The number of anilines is 1. The van der Waals surface area contributed by atoms with Gasteiger partial charge in [-0.2, -0.15) is 0 Å². The van der Waals surface area contributed by atoms with Crippen LogP contribution in [0, 0.1) is 0 Å². The second-order valence-corrected chi connectivity index (χ2v) is 10.7. The number of rotatable bonds is 7. The molecule has 2 aliphatic rings. The fourth-order valence-corrected chi connectivity index (χ4v) is 5.98. The normalized spacial score (nSPS) is 19.3. The largest absolute Gasteiger partial charge is 0.376 e. The van der Waals surface area contributed by atoms with Gasteiger partial charge in [0.05, 0.1) is 44.4 Å². The number of aromatic amines is 1. The number of aryl methyl sites for hydroxylation is 1. The summed E-state index contributed by atoms with van der Waals surface area (Å²) in [5.41, 5.74) is 3.79. The van der Waals surface area contributed by atoms with Gasteiger partial charge in [0.2, 0.25) is 5.82 Å². The van der Waals surface area contributed by atoms with Crippen LogP contribution in [0.15, 0.2) is 53.3 Å². The molecule has 2 N–H and O–H groups in total. The van der Waals surface area contributed by atoms with E-state index < -0.39 is 0 Å². The summed E-state index contributed by atoms with van der Waals surface area (Å²) in [7, 11) is 0. The molecule has 0 aliphatic carbocycles. The number of pyridine rings is 1. The third kappa shape index (κ3) is 5.06. The summed E-state index contributed by atoms with van der Waals surface area (Å²) in [5.74, 6) is 0.711. The number of H-pyrrole nitrogens is 1. The van der Waals surface area contributed by atoms with Crippen molar-refractivity contribution >= 4 is 28.2 Å². The number of nitrogens with one attached hydrogen (secondary N) is 2. The fourth-order valence-electron chi connectivity index (χ4n) is 5.79. The maximum absolute atomic E-state index is 13.5. The number of halogens is 1. The smallest absolute Gasteiger partial charge is 0.258 e. The Balaban J connectivity index is 1.37. The molecule has 0 spiro atoms. The predicted octanol–water partition coefficient (Wildman–Crippen LogP) is 2.40. The Morgan fingerprint density at radius 2 is 2.05 bits per heavy atom. The molecule has 2 aliphatic heterocycles. The molecule has 0 bridgehead atoms. The first-order valence-electron chi connectivity index (χ1n) is 13.5. The molecule has 2 aromatic carbocycles. The number of hydrogen-bond acceptors (Lipinski definition) is 6. The molecule has 2 saturated heterocycles. The van der Waals surface area contributed by atoms with E-state index in [2.05, 4.69) is 50.5 Å². The van der Waals surface area contributed by atoms with Gasteiger partial charge in [0.25, 0.3) is 5.56 Å². The van der Waals surface area contributed by atoms with E-state index in [1.165, 1.54) is 10.5 Å². The molecular formula is C28H33ClN7O2+. The van der Waals surface area contributed by atoms with Crippen LogP contribution in [0.1, 0.15) is 42.8 Å². The van der Waals surface area contributed by atoms with E-state index in [1.54, 1.807) is 0 Å². The zero-order chi connectivity index (χ0) is 26.1. The lowest BCUT2D eigenvalue weighted by Gasteiger charge is -2.37. The van der Waals surface area contributed by atoms with Crippen LogP contribution in [0.25, 0.3) is 10.9 Å². The maximum Gasteiger partial charge on any atom is 0.258 e. The summed E-state index contributed by atoms with van der Waals surface area (Å²) in [4.78, 5) is 20.3. The molecule has 9 nitrogen and oxygen atoms in total. The lowest BCUT2D eigenvalue weighted by atomic mass is 10.0. The van der Waals surface area contributed by atoms with E-state index in [9.17, 15) is 4.79 Å². The van der Waals surface area contributed by atoms with Crippen molar-refractivity contribution < 1.29 is 9.64 Å². The first kappa shape index (κ1) is 25.0. The SMILES string of the molecule is CCc1ccc2[nH]c(=O)c(C(c3nnnn3CC3CCCO3)[NH+]3CCN(c4cccc(Cl)c4)CC3)cc2c1. The molecule has 2 atom stereocenters. The standard InChI is InChI=1S/C28H32ClN7O2/c1-2-19-8-9-25-20(15-19)16-24(28(37)30-25)26(27-31-32-33-36(27)18-23-7-4-14-38-23)35-12-10-34(11-13-35)22-6-3-5-21(29)17-22/h3,5-6,8-9,15-17,23,26H,2,4,7,10-14,18H2,1H3,(H,30,37)/p+1. The highest BCUT2D eigenvalue weighted by molar-refractivity contribution is 6.30. The highest BCUT2D eigenvalue weighted by Crippen LogP contribution is 2.23. The second-order valence-electron chi connectivity index (χ2n) is 10.2. The van der Waals surface area contributed by atoms with E-state index in [-0.39, 0.29) is 17.7 Å². The summed E-state index contributed by atoms with van der Waals surface area (Å²) >= 11 is 6.26. The number of hydrogen-bond donors (Lipinski definition) is 2. The van der Waals surface area contributed by atoms with E-state index in [0.717, 1.165) is 73.7 Å². The summed E-state index contributed by atoms with van der Waals surface area (Å²) < 4.78 is 7.73. The molecule has 38 heavy (non-hydrogen) atoms. The number of aromatic nitrogens is 5. The molecule has 4 aromatic rings. The minimum atomic E-state index is -0.300. The number of ether oxygens (including phenoxy) is 1. The van der Waals surface area contributed by atoms with Crippen molar-refractivity contribution in [2.24, 2.45) is 0 Å². The minimum Gasteiger partial charge on any atom is -0.376 e. The van der Waals surface area contributed by atoms with Gasteiger partial charge < -0.3 is 19.5 Å². The van der Waals surface area contributed by atoms with Gasteiger partial charge in [-0.3, -0.25) is 4.79 Å². The monoisotopic (exact) mass is 534 g/mol. The van der Waals surface area contributed by atoms with Crippen molar-refractivity contribution in [3.05, 3.63) is 80.9 Å². The Morgan fingerprint density at radius 3 is 2.82 bits per heavy atom. The summed E-state index contributed by atoms with van der Waals surface area (Å²) in [6, 6.07) is 15.9. The number of quaternary nitrogens is 1. The number of nitrogens with zero attached hydrogens (tertiary/aromatic N) is 5. The van der Waals surface area contributed by atoms with Crippen molar-refractivity contribution in [3.63, 3.8) is 0 Å². The van der Waals surface area contributed by atoms with E-state index in [1.807, 2.05) is 35.0 Å². The van der Waals surface area contributed by atoms with Crippen LogP contribution in [-0.4, -0.2) is 64.1 Å². The molecule has 4 heterocycles. The zero-order valence-corrected chi connectivity index (χ0v) is 22.3. The Kier molecular flexibility index (Phi) is 7.14. The summed E-state index contributed by atoms with van der Waals surface area (Å²) in [6.45, 7) is 6.83. The summed E-state index contributed by atoms with van der Waals surface area (Å²) in [5, 5.41) is 14.6. The minimum absolute atomic E-state index is 0.0922. The number of tetrazole rings is 1.